The molecule has 3 aromatic carbocycles. The Morgan fingerprint density at radius 3 is 2.03 bits per heavy atom. The first-order chi connectivity index (χ1) is 17.0. The fourth-order valence-corrected chi connectivity index (χ4v) is 4.82. The molecule has 7 nitrogen and oxygen atoms in total. The quantitative estimate of drug-likeness (QED) is 0.508. The first kappa shape index (κ1) is 22.7. The number of alkyl carbamates (subject to hydrolysis) is 1. The minimum Gasteiger partial charge on any atom is -0.480 e. The van der Waals surface area contributed by atoms with Crippen molar-refractivity contribution in [3.05, 3.63) is 90.0 Å². The Labute approximate surface area is 203 Å². The number of anilines is 1. The van der Waals surface area contributed by atoms with Gasteiger partial charge in [0.25, 0.3) is 0 Å². The average Bonchev–Trinajstić information content (AvgIpc) is 3.61. The number of nitrogens with zero attached hydrogens (tertiary/aromatic N) is 1. The van der Waals surface area contributed by atoms with Gasteiger partial charge in [0.05, 0.1) is 5.41 Å². The Kier molecular flexibility index (Phi) is 5.99. The highest BCUT2D eigenvalue weighted by atomic mass is 16.5. The maximum Gasteiger partial charge on any atom is 0.407 e. The van der Waals surface area contributed by atoms with Crippen molar-refractivity contribution in [1.82, 2.24) is 5.32 Å². The fraction of sp³-hybridized carbons (Fsp3) is 0.250. The second kappa shape index (κ2) is 9.25. The van der Waals surface area contributed by atoms with Gasteiger partial charge in [-0.3, -0.25) is 9.59 Å². The molecule has 2 N–H and O–H groups in total. The van der Waals surface area contributed by atoms with Gasteiger partial charge in [-0.2, -0.15) is 0 Å². The third-order valence-electron chi connectivity index (χ3n) is 6.83. The lowest BCUT2D eigenvalue weighted by Gasteiger charge is -2.26. The van der Waals surface area contributed by atoms with E-state index in [9.17, 15) is 19.5 Å². The molecule has 178 valence electrons. The van der Waals surface area contributed by atoms with Gasteiger partial charge < -0.3 is 20.1 Å². The van der Waals surface area contributed by atoms with Crippen LogP contribution in [0.25, 0.3) is 11.1 Å². The van der Waals surface area contributed by atoms with E-state index in [1.807, 2.05) is 24.3 Å². The third kappa shape index (κ3) is 4.49. The summed E-state index contributed by atoms with van der Waals surface area (Å²) < 4.78 is 5.58. The molecule has 0 aliphatic heterocycles. The number of ether oxygens (including phenoxy) is 1. The monoisotopic (exact) mass is 470 g/mol. The zero-order valence-corrected chi connectivity index (χ0v) is 19.1. The largest absolute Gasteiger partial charge is 0.480 e. The van der Waals surface area contributed by atoms with Crippen molar-refractivity contribution in [3.63, 3.8) is 0 Å². The van der Waals surface area contributed by atoms with E-state index in [-0.39, 0.29) is 25.0 Å². The number of carbonyl (C=O) groups excluding carboxylic acids is 2. The van der Waals surface area contributed by atoms with Crippen LogP contribution in [0.5, 0.6) is 0 Å². The molecule has 3 aromatic rings. The van der Waals surface area contributed by atoms with Gasteiger partial charge in [-0.05, 0) is 47.2 Å². The molecular formula is C28H26N2O5. The summed E-state index contributed by atoms with van der Waals surface area (Å²) in [5, 5.41) is 12.1. The molecular weight excluding hydrogens is 444 g/mol. The predicted octanol–water partition coefficient (Wildman–Crippen LogP) is 4.42. The summed E-state index contributed by atoms with van der Waals surface area (Å²) in [4.78, 5) is 38.6. The van der Waals surface area contributed by atoms with Crippen LogP contribution in [0, 0.1) is 5.41 Å². The Balaban J connectivity index is 1.22. The van der Waals surface area contributed by atoms with E-state index in [0.717, 1.165) is 22.3 Å². The minimum absolute atomic E-state index is 0.0474. The summed E-state index contributed by atoms with van der Waals surface area (Å²) in [7, 11) is 0. The number of carboxylic acid groups (broad SMARTS) is 1. The first-order valence-corrected chi connectivity index (χ1v) is 11.7. The Morgan fingerprint density at radius 2 is 1.46 bits per heavy atom. The van der Waals surface area contributed by atoms with Crippen LogP contribution in [0.15, 0.2) is 78.9 Å². The Hall–Kier alpha value is -4.13. The highest BCUT2D eigenvalue weighted by Crippen LogP contribution is 2.47. The SMILES string of the molecule is O=C(O)CN(C(=O)C1(CNC(=O)OCC2c3ccccc3-c3ccccc32)CC1)c1ccccc1. The van der Waals surface area contributed by atoms with Crippen LogP contribution < -0.4 is 10.2 Å². The number of rotatable bonds is 8. The number of carboxylic acids is 1. The van der Waals surface area contributed by atoms with Gasteiger partial charge in [0.1, 0.15) is 13.2 Å². The molecule has 0 atom stereocenters. The molecule has 7 heteroatoms. The summed E-state index contributed by atoms with van der Waals surface area (Å²) in [6, 6.07) is 25.0. The lowest BCUT2D eigenvalue weighted by atomic mass is 9.98. The van der Waals surface area contributed by atoms with Crippen molar-refractivity contribution < 1.29 is 24.2 Å². The molecule has 0 spiro atoms. The van der Waals surface area contributed by atoms with Crippen molar-refractivity contribution >= 4 is 23.7 Å². The summed E-state index contributed by atoms with van der Waals surface area (Å²) in [5.41, 5.74) is 4.27. The molecule has 0 heterocycles. The number of amides is 2. The van der Waals surface area contributed by atoms with Gasteiger partial charge in [0.15, 0.2) is 0 Å². The van der Waals surface area contributed by atoms with Gasteiger partial charge in [-0.15, -0.1) is 0 Å². The second-order valence-corrected chi connectivity index (χ2v) is 9.08. The standard InChI is InChI=1S/C28H26N2O5/c31-25(32)16-30(19-8-2-1-3-9-19)26(33)28(14-15-28)18-29-27(34)35-17-24-22-12-6-4-10-20(22)21-11-5-7-13-23(21)24/h1-13,24H,14-18H2,(H,29,34)(H,31,32). The van der Waals surface area contributed by atoms with Crippen molar-refractivity contribution in [2.24, 2.45) is 5.41 Å². The van der Waals surface area contributed by atoms with Crippen LogP contribution in [0.2, 0.25) is 0 Å². The Bertz CT molecular complexity index is 1220. The summed E-state index contributed by atoms with van der Waals surface area (Å²) in [6.07, 6.45) is 0.576. The number of hydrogen-bond acceptors (Lipinski definition) is 4. The highest BCUT2D eigenvalue weighted by Gasteiger charge is 2.52. The lowest BCUT2D eigenvalue weighted by Crippen LogP contribution is -2.45. The van der Waals surface area contributed by atoms with Crippen LogP contribution in [0.4, 0.5) is 10.5 Å². The number of para-hydroxylation sites is 1. The van der Waals surface area contributed by atoms with Gasteiger partial charge >= 0.3 is 12.1 Å². The molecule has 0 saturated heterocycles. The first-order valence-electron chi connectivity index (χ1n) is 11.7. The van der Waals surface area contributed by atoms with Crippen LogP contribution in [0.1, 0.15) is 29.9 Å². The lowest BCUT2D eigenvalue weighted by molar-refractivity contribution is -0.137. The zero-order chi connectivity index (χ0) is 24.4. The van der Waals surface area contributed by atoms with Crippen molar-refractivity contribution in [3.8, 4) is 11.1 Å². The van der Waals surface area contributed by atoms with E-state index in [4.69, 9.17) is 4.74 Å². The van der Waals surface area contributed by atoms with E-state index in [2.05, 4.69) is 29.6 Å². The van der Waals surface area contributed by atoms with E-state index in [1.165, 1.54) is 4.90 Å². The number of aliphatic carboxylic acids is 1. The molecule has 0 aromatic heterocycles. The third-order valence-corrected chi connectivity index (χ3v) is 6.83. The van der Waals surface area contributed by atoms with Crippen LogP contribution in [-0.2, 0) is 14.3 Å². The second-order valence-electron chi connectivity index (χ2n) is 9.08. The topological polar surface area (TPSA) is 95.9 Å². The highest BCUT2D eigenvalue weighted by molar-refractivity contribution is 6.02. The molecule has 1 fully saturated rings. The maximum atomic E-state index is 13.3. The normalized spacial score (nSPS) is 15.0. The maximum absolute atomic E-state index is 13.3. The molecule has 2 aliphatic rings. The van der Waals surface area contributed by atoms with E-state index < -0.39 is 24.0 Å². The molecule has 2 aliphatic carbocycles. The Morgan fingerprint density at radius 1 is 0.886 bits per heavy atom. The van der Waals surface area contributed by atoms with E-state index in [0.29, 0.717) is 18.5 Å². The predicted molar refractivity (Wildman–Crippen MR) is 131 cm³/mol. The number of hydrogen-bond donors (Lipinski definition) is 2. The number of nitrogens with one attached hydrogen (secondary N) is 1. The summed E-state index contributed by atoms with van der Waals surface area (Å²) >= 11 is 0. The van der Waals surface area contributed by atoms with Crippen molar-refractivity contribution in [1.29, 1.82) is 0 Å². The minimum atomic E-state index is -1.09. The molecule has 2 amide bonds. The van der Waals surface area contributed by atoms with Gasteiger partial charge in [0.2, 0.25) is 5.91 Å². The number of benzene rings is 3. The van der Waals surface area contributed by atoms with Gasteiger partial charge in [0, 0.05) is 18.2 Å². The van der Waals surface area contributed by atoms with E-state index in [1.54, 1.807) is 30.3 Å². The molecule has 1 saturated carbocycles. The van der Waals surface area contributed by atoms with Crippen LogP contribution in [0.3, 0.4) is 0 Å². The van der Waals surface area contributed by atoms with Gasteiger partial charge in [-0.25, -0.2) is 4.79 Å². The van der Waals surface area contributed by atoms with Crippen LogP contribution in [-0.4, -0.2) is 42.8 Å². The molecule has 5 rings (SSSR count). The number of fused-ring (bicyclic) bond motifs is 3. The van der Waals surface area contributed by atoms with E-state index >= 15 is 0 Å². The zero-order valence-electron chi connectivity index (χ0n) is 19.1. The van der Waals surface area contributed by atoms with Crippen molar-refractivity contribution in [2.45, 2.75) is 18.8 Å². The smallest absolute Gasteiger partial charge is 0.407 e. The molecule has 0 bridgehead atoms. The molecule has 35 heavy (non-hydrogen) atoms. The molecule has 0 radical (unpaired) electrons. The average molecular weight is 471 g/mol. The van der Waals surface area contributed by atoms with Crippen LogP contribution >= 0.6 is 0 Å². The summed E-state index contributed by atoms with van der Waals surface area (Å²) in [5.74, 6) is -1.44. The fourth-order valence-electron chi connectivity index (χ4n) is 4.82. The molecule has 0 unspecified atom stereocenters. The summed E-state index contributed by atoms with van der Waals surface area (Å²) in [6.45, 7) is -0.142. The van der Waals surface area contributed by atoms with Crippen molar-refractivity contribution in [2.75, 3.05) is 24.6 Å². The van der Waals surface area contributed by atoms with Gasteiger partial charge in [-0.1, -0.05) is 66.7 Å². The number of carbonyl (C=O) groups is 3.